The molecule has 1 heterocycles. The number of likely N-dealkylation sites (tertiary alicyclic amines) is 1. The first kappa shape index (κ1) is 10.00. The van der Waals surface area contributed by atoms with Gasteiger partial charge in [-0.1, -0.05) is 38.0 Å². The van der Waals surface area contributed by atoms with E-state index in [9.17, 15) is 0 Å². The maximum Gasteiger partial charge on any atom is 0.0394 e. The zero-order valence-electron chi connectivity index (χ0n) is 15.5. The van der Waals surface area contributed by atoms with E-state index in [0.29, 0.717) is 5.92 Å². The molecule has 1 aromatic rings. The molecule has 1 saturated carbocycles. The minimum absolute atomic E-state index is 0.205. The SMILES string of the molecule is [2H]C([2H])([2H])N1CC[C@@]23CCCC[C@@H]2[C@@H]1Cc1ccc(CC)cc13. The molecule has 3 aliphatic rings. The molecule has 2 aliphatic carbocycles. The van der Waals surface area contributed by atoms with Gasteiger partial charge in [0.15, 0.2) is 0 Å². The van der Waals surface area contributed by atoms with Gasteiger partial charge in [0, 0.05) is 15.6 Å². The lowest BCUT2D eigenvalue weighted by Gasteiger charge is -2.58. The zero-order chi connectivity index (χ0) is 16.2. The Morgan fingerprint density at radius 2 is 2.30 bits per heavy atom. The molecule has 0 N–H and O–H groups in total. The highest BCUT2D eigenvalue weighted by Gasteiger charge is 2.52. The first-order valence-electron chi connectivity index (χ1n) is 9.85. The predicted molar refractivity (Wildman–Crippen MR) is 84.2 cm³/mol. The quantitative estimate of drug-likeness (QED) is 0.748. The summed E-state index contributed by atoms with van der Waals surface area (Å²) in [6.07, 6.45) is 8.04. The van der Waals surface area contributed by atoms with Crippen molar-refractivity contribution in [2.45, 2.75) is 63.3 Å². The first-order valence-corrected chi connectivity index (χ1v) is 8.35. The summed E-state index contributed by atoms with van der Waals surface area (Å²) in [4.78, 5) is 1.85. The maximum absolute atomic E-state index is 7.96. The maximum atomic E-state index is 7.96. The minimum atomic E-state index is -1.95. The summed E-state index contributed by atoms with van der Waals surface area (Å²) in [6, 6.07) is 7.19. The molecule has 1 saturated heterocycles. The number of aryl methyl sites for hydroxylation is 1. The van der Waals surface area contributed by atoms with Gasteiger partial charge in [-0.25, -0.2) is 0 Å². The molecule has 0 unspecified atom stereocenters. The highest BCUT2D eigenvalue weighted by atomic mass is 15.1. The van der Waals surface area contributed by atoms with Crippen molar-refractivity contribution in [3.05, 3.63) is 34.9 Å². The van der Waals surface area contributed by atoms with Crippen molar-refractivity contribution in [2.24, 2.45) is 5.92 Å². The van der Waals surface area contributed by atoms with Gasteiger partial charge < -0.3 is 4.90 Å². The Morgan fingerprint density at radius 1 is 1.35 bits per heavy atom. The van der Waals surface area contributed by atoms with Crippen LogP contribution in [-0.4, -0.2) is 24.5 Å². The number of hydrogen-bond acceptors (Lipinski definition) is 1. The van der Waals surface area contributed by atoms with Gasteiger partial charge in [0.1, 0.15) is 0 Å². The number of hydrogen-bond donors (Lipinski definition) is 0. The lowest BCUT2D eigenvalue weighted by atomic mass is 9.52. The van der Waals surface area contributed by atoms with Gasteiger partial charge in [-0.05, 0) is 68.2 Å². The van der Waals surface area contributed by atoms with Gasteiger partial charge in [-0.15, -0.1) is 0 Å². The fourth-order valence-corrected chi connectivity index (χ4v) is 5.27. The van der Waals surface area contributed by atoms with Gasteiger partial charge in [-0.3, -0.25) is 0 Å². The second kappa shape index (κ2) is 4.59. The van der Waals surface area contributed by atoms with Crippen LogP contribution in [0.25, 0.3) is 0 Å². The van der Waals surface area contributed by atoms with Crippen LogP contribution in [0.2, 0.25) is 0 Å². The molecule has 20 heavy (non-hydrogen) atoms. The van der Waals surface area contributed by atoms with Crippen LogP contribution < -0.4 is 0 Å². The average Bonchev–Trinajstić information content (AvgIpc) is 2.53. The van der Waals surface area contributed by atoms with Gasteiger partial charge in [0.05, 0.1) is 0 Å². The molecule has 3 atom stereocenters. The third kappa shape index (κ3) is 1.65. The molecule has 1 nitrogen and oxygen atoms in total. The number of likely N-dealkylation sites (N-methyl/N-ethyl adjacent to an activating group) is 1. The van der Waals surface area contributed by atoms with Crippen LogP contribution in [0.15, 0.2) is 18.2 Å². The number of fused-ring (bicyclic) bond motifs is 1. The normalized spacial score (nSPS) is 39.1. The molecule has 1 heteroatoms. The van der Waals surface area contributed by atoms with E-state index in [1.807, 2.05) is 4.90 Å². The molecule has 2 fully saturated rings. The van der Waals surface area contributed by atoms with Crippen molar-refractivity contribution < 1.29 is 4.11 Å². The smallest absolute Gasteiger partial charge is 0.0394 e. The van der Waals surface area contributed by atoms with E-state index in [2.05, 4.69) is 25.1 Å². The largest absolute Gasteiger partial charge is 0.303 e. The molecule has 0 amide bonds. The second-order valence-corrected chi connectivity index (χ2v) is 7.07. The van der Waals surface area contributed by atoms with Crippen molar-refractivity contribution in [1.82, 2.24) is 4.90 Å². The molecule has 1 aromatic carbocycles. The third-order valence-electron chi connectivity index (χ3n) is 6.31. The molecular formula is C19H27N. The molecule has 2 bridgehead atoms. The van der Waals surface area contributed by atoms with Gasteiger partial charge in [0.2, 0.25) is 0 Å². The summed E-state index contributed by atoms with van der Waals surface area (Å²) in [5.74, 6) is 0.532. The Balaban J connectivity index is 1.84. The third-order valence-corrected chi connectivity index (χ3v) is 6.31. The monoisotopic (exact) mass is 272 g/mol. The van der Waals surface area contributed by atoms with Crippen molar-refractivity contribution in [1.29, 1.82) is 0 Å². The Morgan fingerprint density at radius 3 is 3.15 bits per heavy atom. The summed E-state index contributed by atoms with van der Waals surface area (Å²) in [5, 5.41) is 0. The number of nitrogens with zero attached hydrogens (tertiary/aromatic N) is 1. The first-order chi connectivity index (χ1) is 11.0. The number of piperidine rings is 1. The van der Waals surface area contributed by atoms with Gasteiger partial charge in [0.25, 0.3) is 0 Å². The minimum Gasteiger partial charge on any atom is -0.303 e. The van der Waals surface area contributed by atoms with E-state index in [-0.39, 0.29) is 11.5 Å². The number of benzene rings is 1. The summed E-state index contributed by atoms with van der Waals surface area (Å²) < 4.78 is 23.9. The van der Waals surface area contributed by atoms with Gasteiger partial charge >= 0.3 is 0 Å². The fourth-order valence-electron chi connectivity index (χ4n) is 5.27. The van der Waals surface area contributed by atoms with Crippen LogP contribution in [0.3, 0.4) is 0 Å². The molecule has 1 aliphatic heterocycles. The topological polar surface area (TPSA) is 3.24 Å². The van der Waals surface area contributed by atoms with E-state index in [0.717, 1.165) is 25.8 Å². The molecule has 0 aromatic heterocycles. The van der Waals surface area contributed by atoms with Crippen LogP contribution in [0.4, 0.5) is 0 Å². The van der Waals surface area contributed by atoms with E-state index in [1.165, 1.54) is 36.8 Å². The lowest BCUT2D eigenvalue weighted by Crippen LogP contribution is -2.59. The fraction of sp³-hybridized carbons (Fsp3) is 0.684. The second-order valence-electron chi connectivity index (χ2n) is 7.07. The Hall–Kier alpha value is -0.820. The van der Waals surface area contributed by atoms with E-state index in [1.54, 1.807) is 5.56 Å². The Labute approximate surface area is 127 Å². The Kier molecular flexibility index (Phi) is 2.30. The standard InChI is InChI=1S/C19H27N/c1-3-14-7-8-15-13-18-16-6-4-5-9-19(16,17(15)12-14)10-11-20(18)2/h7-8,12,16,18H,3-6,9-11,13H2,1-2H3/t16-,18+,19+/m1/s1/i2D3. The van der Waals surface area contributed by atoms with Crippen LogP contribution in [-0.2, 0) is 18.3 Å². The van der Waals surface area contributed by atoms with E-state index >= 15 is 0 Å². The van der Waals surface area contributed by atoms with Crippen LogP contribution in [0, 0.1) is 5.92 Å². The average molecular weight is 272 g/mol. The molecule has 108 valence electrons. The van der Waals surface area contributed by atoms with Gasteiger partial charge in [-0.2, -0.15) is 0 Å². The highest BCUT2D eigenvalue weighted by Crippen LogP contribution is 2.55. The van der Waals surface area contributed by atoms with Crippen molar-refractivity contribution in [3.8, 4) is 0 Å². The summed E-state index contributed by atoms with van der Waals surface area (Å²) in [7, 11) is 0. The molecular weight excluding hydrogens is 242 g/mol. The van der Waals surface area contributed by atoms with E-state index < -0.39 is 6.98 Å². The predicted octanol–water partition coefficient (Wildman–Crippen LogP) is 3.94. The number of rotatable bonds is 1. The van der Waals surface area contributed by atoms with Crippen LogP contribution in [0.5, 0.6) is 0 Å². The van der Waals surface area contributed by atoms with Crippen molar-refractivity contribution in [2.75, 3.05) is 13.5 Å². The highest BCUT2D eigenvalue weighted by molar-refractivity contribution is 5.43. The lowest BCUT2D eigenvalue weighted by molar-refractivity contribution is 0.00282. The molecule has 4 rings (SSSR count). The Bertz CT molecular complexity index is 609. The van der Waals surface area contributed by atoms with Crippen molar-refractivity contribution in [3.63, 3.8) is 0 Å². The van der Waals surface area contributed by atoms with Crippen LogP contribution in [0.1, 0.15) is 59.8 Å². The van der Waals surface area contributed by atoms with E-state index in [4.69, 9.17) is 4.11 Å². The van der Waals surface area contributed by atoms with Crippen molar-refractivity contribution >= 4 is 0 Å². The molecule has 0 radical (unpaired) electrons. The molecule has 0 spiro atoms. The summed E-state index contributed by atoms with van der Waals surface area (Å²) in [5.41, 5.74) is 4.67. The zero-order valence-corrected chi connectivity index (χ0v) is 12.5. The van der Waals surface area contributed by atoms with Crippen LogP contribution >= 0.6 is 0 Å². The summed E-state index contributed by atoms with van der Waals surface area (Å²) >= 11 is 0. The summed E-state index contributed by atoms with van der Waals surface area (Å²) in [6.45, 7) is 1.00.